The van der Waals surface area contributed by atoms with Gasteiger partial charge in [0.1, 0.15) is 23.2 Å². The van der Waals surface area contributed by atoms with Crippen LogP contribution in [-0.4, -0.2) is 37.9 Å². The highest BCUT2D eigenvalue weighted by Gasteiger charge is 2.29. The molecule has 2 aliphatic carbocycles. The summed E-state index contributed by atoms with van der Waals surface area (Å²) in [5, 5.41) is 0. The van der Waals surface area contributed by atoms with Gasteiger partial charge in [0, 0.05) is 43.6 Å². The van der Waals surface area contributed by atoms with E-state index >= 15 is 0 Å². The van der Waals surface area contributed by atoms with Crippen LogP contribution in [-0.2, 0) is 13.1 Å². The molecule has 3 aromatic rings. The normalized spacial score (nSPS) is 15.3. The fraction of sp³-hybridized carbons (Fsp3) is 0.345. The number of benzene rings is 1. The van der Waals surface area contributed by atoms with Gasteiger partial charge in [-0.3, -0.25) is 4.79 Å². The molecule has 1 fully saturated rings. The van der Waals surface area contributed by atoms with Crippen LogP contribution in [0.2, 0.25) is 0 Å². The third kappa shape index (κ3) is 5.40. The third-order valence-corrected chi connectivity index (χ3v) is 6.83. The van der Waals surface area contributed by atoms with Crippen LogP contribution >= 0.6 is 0 Å². The SMILES string of the molecule is CCN(c1ccc(CN(C(=O)c2cn(Cc3ccccc3)c(C)n2)C2=CC=C(F)CC2)cn1)C1CC1. The maximum atomic E-state index is 13.7. The van der Waals surface area contributed by atoms with Crippen molar-refractivity contribution in [1.29, 1.82) is 0 Å². The maximum Gasteiger partial charge on any atom is 0.278 e. The summed E-state index contributed by atoms with van der Waals surface area (Å²) in [6, 6.07) is 14.8. The number of imidazole rings is 1. The topological polar surface area (TPSA) is 54.3 Å². The van der Waals surface area contributed by atoms with Gasteiger partial charge in [0.25, 0.3) is 5.91 Å². The van der Waals surface area contributed by atoms with Gasteiger partial charge >= 0.3 is 0 Å². The minimum absolute atomic E-state index is 0.167. The summed E-state index contributed by atoms with van der Waals surface area (Å²) in [5.74, 6) is 1.39. The summed E-state index contributed by atoms with van der Waals surface area (Å²) in [4.78, 5) is 27.1. The molecule has 186 valence electrons. The molecule has 5 rings (SSSR count). The predicted molar refractivity (Wildman–Crippen MR) is 139 cm³/mol. The van der Waals surface area contributed by atoms with Gasteiger partial charge in [-0.15, -0.1) is 0 Å². The maximum absolute atomic E-state index is 13.7. The standard InChI is InChI=1S/C29H32FN5O/c1-3-34(25-14-15-25)28-16-9-23(17-31-28)19-35(26-12-10-24(30)11-13-26)29(36)27-20-33(21(2)32-27)18-22-7-5-4-6-8-22/h4-10,12,16-17,20,25H,3,11,13-15,18-19H2,1-2H3. The average molecular weight is 486 g/mol. The van der Waals surface area contributed by atoms with Crippen molar-refractivity contribution in [3.8, 4) is 0 Å². The van der Waals surface area contributed by atoms with Gasteiger partial charge in [0.05, 0.1) is 6.54 Å². The van der Waals surface area contributed by atoms with E-state index in [2.05, 4.69) is 28.9 Å². The van der Waals surface area contributed by atoms with Crippen molar-refractivity contribution in [2.75, 3.05) is 11.4 Å². The highest BCUT2D eigenvalue weighted by molar-refractivity contribution is 5.93. The molecule has 0 atom stereocenters. The zero-order valence-electron chi connectivity index (χ0n) is 20.9. The number of rotatable bonds is 9. The lowest BCUT2D eigenvalue weighted by Crippen LogP contribution is -2.31. The van der Waals surface area contributed by atoms with Crippen molar-refractivity contribution in [3.05, 3.63) is 101 Å². The molecule has 2 aliphatic rings. The van der Waals surface area contributed by atoms with Crippen LogP contribution in [0.25, 0.3) is 0 Å². The van der Waals surface area contributed by atoms with Gasteiger partial charge in [0.2, 0.25) is 0 Å². The summed E-state index contributed by atoms with van der Waals surface area (Å²) < 4.78 is 15.7. The quantitative estimate of drug-likeness (QED) is 0.385. The second-order valence-electron chi connectivity index (χ2n) is 9.49. The number of halogens is 1. The van der Waals surface area contributed by atoms with Crippen molar-refractivity contribution < 1.29 is 9.18 Å². The Balaban J connectivity index is 1.39. The largest absolute Gasteiger partial charge is 0.354 e. The second-order valence-corrected chi connectivity index (χ2v) is 9.49. The molecule has 1 saturated carbocycles. The smallest absolute Gasteiger partial charge is 0.278 e. The van der Waals surface area contributed by atoms with Crippen LogP contribution in [0.4, 0.5) is 10.2 Å². The molecule has 1 aromatic carbocycles. The number of carbonyl (C=O) groups excluding carboxylic acids is 1. The second kappa shape index (κ2) is 10.5. The van der Waals surface area contributed by atoms with E-state index in [0.29, 0.717) is 37.7 Å². The lowest BCUT2D eigenvalue weighted by Gasteiger charge is -2.27. The van der Waals surface area contributed by atoms with Gasteiger partial charge in [0.15, 0.2) is 0 Å². The van der Waals surface area contributed by atoms with Gasteiger partial charge in [-0.2, -0.15) is 0 Å². The van der Waals surface area contributed by atoms with Crippen molar-refractivity contribution >= 4 is 11.7 Å². The Hall–Kier alpha value is -3.74. The number of hydrogen-bond donors (Lipinski definition) is 0. The number of aryl methyl sites for hydroxylation is 1. The third-order valence-electron chi connectivity index (χ3n) is 6.83. The summed E-state index contributed by atoms with van der Waals surface area (Å²) >= 11 is 0. The van der Waals surface area contributed by atoms with E-state index in [9.17, 15) is 9.18 Å². The first-order chi connectivity index (χ1) is 17.5. The van der Waals surface area contributed by atoms with Gasteiger partial charge in [-0.05, 0) is 62.5 Å². The van der Waals surface area contributed by atoms with Gasteiger partial charge < -0.3 is 14.4 Å². The Kier molecular flexibility index (Phi) is 6.98. The molecule has 36 heavy (non-hydrogen) atoms. The molecule has 0 unspecified atom stereocenters. The Morgan fingerprint density at radius 1 is 1.08 bits per heavy atom. The predicted octanol–water partition coefficient (Wildman–Crippen LogP) is 5.80. The molecule has 2 heterocycles. The van der Waals surface area contributed by atoms with E-state index in [0.717, 1.165) is 35.0 Å². The van der Waals surface area contributed by atoms with Crippen LogP contribution < -0.4 is 4.90 Å². The first-order valence-corrected chi connectivity index (χ1v) is 12.7. The number of carbonyl (C=O) groups is 1. The minimum Gasteiger partial charge on any atom is -0.354 e. The molecule has 0 radical (unpaired) electrons. The molecular formula is C29H32FN5O. The highest BCUT2D eigenvalue weighted by Crippen LogP contribution is 2.31. The fourth-order valence-corrected chi connectivity index (χ4v) is 4.68. The molecule has 0 spiro atoms. The van der Waals surface area contributed by atoms with Crippen molar-refractivity contribution in [2.45, 2.75) is 58.7 Å². The van der Waals surface area contributed by atoms with Crippen LogP contribution in [0.1, 0.15) is 60.0 Å². The Labute approximate surface area is 211 Å². The van der Waals surface area contributed by atoms with Gasteiger partial charge in [-0.1, -0.05) is 36.4 Å². The molecule has 1 amide bonds. The van der Waals surface area contributed by atoms with E-state index in [1.807, 2.05) is 54.2 Å². The number of amides is 1. The lowest BCUT2D eigenvalue weighted by atomic mass is 10.1. The van der Waals surface area contributed by atoms with E-state index < -0.39 is 0 Å². The number of pyridine rings is 1. The first-order valence-electron chi connectivity index (χ1n) is 12.7. The monoisotopic (exact) mass is 485 g/mol. The van der Waals surface area contributed by atoms with Crippen molar-refractivity contribution in [2.24, 2.45) is 0 Å². The Bertz CT molecular complexity index is 1270. The van der Waals surface area contributed by atoms with E-state index in [1.54, 1.807) is 11.0 Å². The first kappa shape index (κ1) is 24.0. The van der Waals surface area contributed by atoms with Crippen LogP contribution in [0.15, 0.2) is 78.5 Å². The molecule has 0 aliphatic heterocycles. The summed E-state index contributed by atoms with van der Waals surface area (Å²) in [7, 11) is 0. The van der Waals surface area contributed by atoms with Crippen LogP contribution in [0.3, 0.4) is 0 Å². The average Bonchev–Trinajstić information content (AvgIpc) is 3.67. The Morgan fingerprint density at radius 3 is 2.53 bits per heavy atom. The zero-order chi connectivity index (χ0) is 25.1. The molecule has 2 aromatic heterocycles. The van der Waals surface area contributed by atoms with Gasteiger partial charge in [-0.25, -0.2) is 14.4 Å². The zero-order valence-corrected chi connectivity index (χ0v) is 20.9. The molecule has 0 saturated heterocycles. The number of nitrogens with zero attached hydrogens (tertiary/aromatic N) is 5. The van der Waals surface area contributed by atoms with E-state index in [-0.39, 0.29) is 11.7 Å². The molecular weight excluding hydrogens is 453 g/mol. The number of allylic oxidation sites excluding steroid dienone is 4. The molecule has 7 heteroatoms. The molecule has 6 nitrogen and oxygen atoms in total. The molecule has 0 bridgehead atoms. The highest BCUT2D eigenvalue weighted by atomic mass is 19.1. The minimum atomic E-state index is -0.191. The van der Waals surface area contributed by atoms with Crippen LogP contribution in [0, 0.1) is 6.92 Å². The van der Waals surface area contributed by atoms with E-state index in [4.69, 9.17) is 4.98 Å². The van der Waals surface area contributed by atoms with Crippen molar-refractivity contribution in [3.63, 3.8) is 0 Å². The number of anilines is 1. The van der Waals surface area contributed by atoms with Crippen LogP contribution in [0.5, 0.6) is 0 Å². The lowest BCUT2D eigenvalue weighted by molar-refractivity contribution is 0.0784. The summed E-state index contributed by atoms with van der Waals surface area (Å²) in [6.45, 7) is 5.98. The fourth-order valence-electron chi connectivity index (χ4n) is 4.68. The van der Waals surface area contributed by atoms with E-state index in [1.165, 1.54) is 18.9 Å². The Morgan fingerprint density at radius 2 is 1.89 bits per heavy atom. The summed E-state index contributed by atoms with van der Waals surface area (Å²) in [6.07, 6.45) is 10.0. The number of hydrogen-bond acceptors (Lipinski definition) is 4. The van der Waals surface area contributed by atoms with Crippen molar-refractivity contribution in [1.82, 2.24) is 19.4 Å². The number of aromatic nitrogens is 3. The molecule has 0 N–H and O–H groups in total. The summed E-state index contributed by atoms with van der Waals surface area (Å²) in [5.41, 5.74) is 3.24.